The maximum Gasteiger partial charge on any atom is 0.521 e. The van der Waals surface area contributed by atoms with E-state index in [2.05, 4.69) is 10.2 Å². The molecule has 1 aromatic rings. The van der Waals surface area contributed by atoms with Crippen LogP contribution in [0.25, 0.3) is 0 Å². The van der Waals surface area contributed by atoms with E-state index >= 15 is 0 Å². The van der Waals surface area contributed by atoms with Gasteiger partial charge in [-0.1, -0.05) is 5.11 Å². The summed E-state index contributed by atoms with van der Waals surface area (Å²) >= 11 is 0. The van der Waals surface area contributed by atoms with Gasteiger partial charge in [-0.25, -0.2) is 4.79 Å². The Balaban J connectivity index is 2.82. The van der Waals surface area contributed by atoms with E-state index in [4.69, 9.17) is 5.11 Å². The van der Waals surface area contributed by atoms with Gasteiger partial charge in [-0.2, -0.15) is 0 Å². The van der Waals surface area contributed by atoms with E-state index in [0.29, 0.717) is 0 Å². The van der Waals surface area contributed by atoms with E-state index in [1.807, 2.05) is 0 Å². The molecular formula is C8H5F3N2O2. The molecule has 7 heteroatoms. The number of carboxylic acid groups (broad SMARTS) is 1. The van der Waals surface area contributed by atoms with Gasteiger partial charge in [-0.3, -0.25) is 0 Å². The highest BCUT2D eigenvalue weighted by Crippen LogP contribution is 2.21. The molecule has 1 N–H and O–H groups in total. The van der Waals surface area contributed by atoms with Crippen LogP contribution in [-0.2, 0) is 0 Å². The number of benzene rings is 1. The third kappa shape index (κ3) is 3.75. The maximum absolute atomic E-state index is 11.6. The first-order valence-corrected chi connectivity index (χ1v) is 3.71. The molecule has 0 aliphatic heterocycles. The molecule has 0 amide bonds. The summed E-state index contributed by atoms with van der Waals surface area (Å²) in [7, 11) is 0. The molecule has 0 saturated heterocycles. The standard InChI is InChI=1S/C8H5F3N2O2/c9-8(10,11)13-12-6-3-1-5(2-4-6)7(14)15/h1-4H,(H,14,15). The van der Waals surface area contributed by atoms with Crippen molar-refractivity contribution < 1.29 is 23.1 Å². The van der Waals surface area contributed by atoms with Crippen molar-refractivity contribution in [3.63, 3.8) is 0 Å². The monoisotopic (exact) mass is 218 g/mol. The van der Waals surface area contributed by atoms with Crippen LogP contribution < -0.4 is 0 Å². The lowest BCUT2D eigenvalue weighted by atomic mass is 10.2. The first-order chi connectivity index (χ1) is 6.88. The van der Waals surface area contributed by atoms with Gasteiger partial charge in [0.15, 0.2) is 0 Å². The molecule has 0 aliphatic rings. The molecule has 1 rings (SSSR count). The molecule has 0 saturated carbocycles. The van der Waals surface area contributed by atoms with Gasteiger partial charge in [0, 0.05) is 0 Å². The Morgan fingerprint density at radius 1 is 1.20 bits per heavy atom. The van der Waals surface area contributed by atoms with Crippen molar-refractivity contribution in [3.05, 3.63) is 29.8 Å². The van der Waals surface area contributed by atoms with E-state index in [-0.39, 0.29) is 11.3 Å². The normalized spacial score (nSPS) is 11.9. The van der Waals surface area contributed by atoms with Gasteiger partial charge < -0.3 is 5.11 Å². The zero-order valence-electron chi connectivity index (χ0n) is 7.19. The Hall–Kier alpha value is -1.92. The highest BCUT2D eigenvalue weighted by atomic mass is 19.4. The van der Waals surface area contributed by atoms with Crippen LogP contribution in [0.4, 0.5) is 18.9 Å². The van der Waals surface area contributed by atoms with Gasteiger partial charge in [-0.15, -0.1) is 18.3 Å². The number of carboxylic acids is 1. The summed E-state index contributed by atoms with van der Waals surface area (Å²) in [5.41, 5.74) is -0.0849. The van der Waals surface area contributed by atoms with Crippen molar-refractivity contribution in [2.45, 2.75) is 6.30 Å². The summed E-state index contributed by atoms with van der Waals surface area (Å²) in [5.74, 6) is -1.16. The minimum Gasteiger partial charge on any atom is -0.478 e. The molecule has 1 aromatic carbocycles. The van der Waals surface area contributed by atoms with Crippen LogP contribution in [-0.4, -0.2) is 17.4 Å². The Labute approximate surface area is 82.1 Å². The second-order valence-electron chi connectivity index (χ2n) is 2.52. The van der Waals surface area contributed by atoms with Crippen molar-refractivity contribution in [1.29, 1.82) is 0 Å². The van der Waals surface area contributed by atoms with E-state index in [1.54, 1.807) is 0 Å². The molecule has 0 aromatic heterocycles. The number of rotatable bonds is 2. The van der Waals surface area contributed by atoms with E-state index < -0.39 is 12.3 Å². The number of nitrogens with zero attached hydrogens (tertiary/aromatic N) is 2. The lowest BCUT2D eigenvalue weighted by molar-refractivity contribution is -0.125. The Bertz CT molecular complexity index is 384. The molecule has 0 unspecified atom stereocenters. The van der Waals surface area contributed by atoms with Gasteiger partial charge in [0.25, 0.3) is 0 Å². The molecule has 0 fully saturated rings. The van der Waals surface area contributed by atoms with E-state index in [0.717, 1.165) is 24.3 Å². The van der Waals surface area contributed by atoms with Crippen LogP contribution in [0.2, 0.25) is 0 Å². The van der Waals surface area contributed by atoms with E-state index in [9.17, 15) is 18.0 Å². The summed E-state index contributed by atoms with van der Waals surface area (Å²) in [6.45, 7) is 0. The van der Waals surface area contributed by atoms with Crippen LogP contribution >= 0.6 is 0 Å². The first-order valence-electron chi connectivity index (χ1n) is 3.71. The van der Waals surface area contributed by atoms with Gasteiger partial charge >= 0.3 is 12.3 Å². The molecule has 0 atom stereocenters. The molecule has 15 heavy (non-hydrogen) atoms. The average molecular weight is 218 g/mol. The number of azo groups is 1. The molecule has 0 heterocycles. The Morgan fingerprint density at radius 3 is 2.13 bits per heavy atom. The second kappa shape index (κ2) is 4.07. The third-order valence-electron chi connectivity index (χ3n) is 1.39. The smallest absolute Gasteiger partial charge is 0.478 e. The molecule has 0 spiro atoms. The highest BCUT2D eigenvalue weighted by molar-refractivity contribution is 5.87. The first kappa shape index (κ1) is 11.2. The Morgan fingerprint density at radius 2 is 1.73 bits per heavy atom. The van der Waals surface area contributed by atoms with Crippen LogP contribution in [0.1, 0.15) is 10.4 Å². The lowest BCUT2D eigenvalue weighted by Gasteiger charge is -1.96. The summed E-state index contributed by atoms with van der Waals surface area (Å²) in [5, 5.41) is 13.5. The summed E-state index contributed by atoms with van der Waals surface area (Å²) < 4.78 is 34.8. The van der Waals surface area contributed by atoms with Crippen molar-refractivity contribution in [2.75, 3.05) is 0 Å². The van der Waals surface area contributed by atoms with Crippen molar-refractivity contribution in [1.82, 2.24) is 0 Å². The number of halogens is 3. The summed E-state index contributed by atoms with van der Waals surface area (Å²) in [6, 6.07) is 4.57. The van der Waals surface area contributed by atoms with Crippen molar-refractivity contribution in [3.8, 4) is 0 Å². The predicted molar refractivity (Wildman–Crippen MR) is 44.0 cm³/mol. The fourth-order valence-corrected chi connectivity index (χ4v) is 0.785. The fraction of sp³-hybridized carbons (Fsp3) is 0.125. The third-order valence-corrected chi connectivity index (χ3v) is 1.39. The van der Waals surface area contributed by atoms with Crippen LogP contribution in [0.15, 0.2) is 34.5 Å². The molecule has 0 aliphatic carbocycles. The number of hydrogen-bond acceptors (Lipinski definition) is 3. The zero-order valence-corrected chi connectivity index (χ0v) is 7.19. The highest BCUT2D eigenvalue weighted by Gasteiger charge is 2.26. The van der Waals surface area contributed by atoms with E-state index in [1.165, 1.54) is 0 Å². The lowest BCUT2D eigenvalue weighted by Crippen LogP contribution is -1.99. The van der Waals surface area contributed by atoms with Gasteiger partial charge in [0.05, 0.1) is 11.3 Å². The fourth-order valence-electron chi connectivity index (χ4n) is 0.785. The minimum absolute atomic E-state index is 0.0269. The average Bonchev–Trinajstić information content (AvgIpc) is 2.14. The quantitative estimate of drug-likeness (QED) is 0.612. The van der Waals surface area contributed by atoms with Crippen LogP contribution in [0.3, 0.4) is 0 Å². The van der Waals surface area contributed by atoms with Gasteiger partial charge in [0.2, 0.25) is 0 Å². The summed E-state index contributed by atoms with van der Waals surface area (Å²) in [6.07, 6.45) is -4.72. The topological polar surface area (TPSA) is 62.0 Å². The number of carbonyl (C=O) groups is 1. The predicted octanol–water partition coefficient (Wildman–Crippen LogP) is 2.99. The number of hydrogen-bond donors (Lipinski definition) is 1. The molecule has 80 valence electrons. The van der Waals surface area contributed by atoms with Crippen molar-refractivity contribution in [2.24, 2.45) is 10.2 Å². The molecule has 0 bridgehead atoms. The van der Waals surface area contributed by atoms with Crippen molar-refractivity contribution >= 4 is 11.7 Å². The van der Waals surface area contributed by atoms with Crippen LogP contribution in [0, 0.1) is 0 Å². The minimum atomic E-state index is -4.72. The largest absolute Gasteiger partial charge is 0.521 e. The Kier molecular flexibility index (Phi) is 3.03. The maximum atomic E-state index is 11.6. The van der Waals surface area contributed by atoms with Crippen LogP contribution in [0.5, 0.6) is 0 Å². The van der Waals surface area contributed by atoms with Gasteiger partial charge in [-0.05, 0) is 24.3 Å². The molecule has 4 nitrogen and oxygen atoms in total. The summed E-state index contributed by atoms with van der Waals surface area (Å²) in [4.78, 5) is 10.4. The SMILES string of the molecule is O=C(O)c1ccc(N=NC(F)(F)F)cc1. The number of alkyl halides is 3. The van der Waals surface area contributed by atoms with Gasteiger partial charge in [0.1, 0.15) is 0 Å². The number of aromatic carboxylic acids is 1. The zero-order chi connectivity index (χ0) is 11.5. The molecular weight excluding hydrogens is 213 g/mol. The molecule has 0 radical (unpaired) electrons. The second-order valence-corrected chi connectivity index (χ2v) is 2.52.